The molecule has 130 valence electrons. The van der Waals surface area contributed by atoms with Crippen LogP contribution in [0.2, 0.25) is 0 Å². The monoisotopic (exact) mass is 350 g/mol. The van der Waals surface area contributed by atoms with E-state index in [1.165, 1.54) is 0 Å². The molecule has 0 atom stereocenters. The van der Waals surface area contributed by atoms with Crippen molar-refractivity contribution in [2.75, 3.05) is 5.32 Å². The summed E-state index contributed by atoms with van der Waals surface area (Å²) in [6.07, 6.45) is -2.83. The molecule has 0 saturated heterocycles. The molecule has 0 radical (unpaired) electrons. The number of nitrogens with one attached hydrogen (secondary N) is 2. The fraction of sp³-hybridized carbons (Fsp3) is 0.167. The molecule has 3 rings (SSSR count). The third-order valence-corrected chi connectivity index (χ3v) is 3.84. The maximum atomic E-state index is 13.8. The molecule has 0 aliphatic carbocycles. The van der Waals surface area contributed by atoms with E-state index in [0.29, 0.717) is 11.8 Å². The number of hydrogen-bond donors (Lipinski definition) is 2. The highest BCUT2D eigenvalue weighted by atomic mass is 19.4. The number of carbonyl (C=O) groups excluding carboxylic acids is 1. The van der Waals surface area contributed by atoms with E-state index in [9.17, 15) is 22.4 Å². The van der Waals surface area contributed by atoms with Crippen LogP contribution in [0.5, 0.6) is 0 Å². The van der Waals surface area contributed by atoms with Crippen molar-refractivity contribution in [3.63, 3.8) is 0 Å². The molecule has 0 spiro atoms. The number of alkyl halides is 3. The number of carbonyl (C=O) groups is 1. The molecule has 2 N–H and O–H groups in total. The van der Waals surface area contributed by atoms with Gasteiger partial charge < -0.3 is 10.3 Å². The van der Waals surface area contributed by atoms with Crippen LogP contribution in [0.25, 0.3) is 10.9 Å². The molecule has 1 amide bonds. The van der Waals surface area contributed by atoms with Gasteiger partial charge in [0.15, 0.2) is 0 Å². The average Bonchev–Trinajstić information content (AvgIpc) is 3.00. The number of hydrogen-bond acceptors (Lipinski definition) is 1. The Kier molecular flexibility index (Phi) is 4.48. The Morgan fingerprint density at radius 3 is 2.60 bits per heavy atom. The van der Waals surface area contributed by atoms with E-state index < -0.39 is 17.6 Å². The molecule has 0 bridgehead atoms. The number of amides is 1. The van der Waals surface area contributed by atoms with Gasteiger partial charge in [-0.25, -0.2) is 4.39 Å². The second-order valence-corrected chi connectivity index (χ2v) is 5.63. The number of aromatic nitrogens is 1. The molecule has 0 fully saturated rings. The number of anilines is 1. The van der Waals surface area contributed by atoms with Crippen LogP contribution in [0.4, 0.5) is 23.2 Å². The summed E-state index contributed by atoms with van der Waals surface area (Å²) in [5.41, 5.74) is 0.567. The van der Waals surface area contributed by atoms with E-state index in [0.717, 1.165) is 23.0 Å². The van der Waals surface area contributed by atoms with Crippen LogP contribution in [0, 0.1) is 5.82 Å². The molecule has 3 aromatic rings. The van der Waals surface area contributed by atoms with Gasteiger partial charge in [0, 0.05) is 29.2 Å². The molecular weight excluding hydrogens is 336 g/mol. The summed E-state index contributed by atoms with van der Waals surface area (Å²) in [6, 6.07) is 9.54. The standard InChI is InChI=1S/C18H14F4N2O/c19-15-10-13(18(20,21)22)3-1-11(15)2-6-17(25)24-14-4-5-16-12(9-14)7-8-23-16/h1,3-5,7-10,23H,2,6H2,(H,24,25). The van der Waals surface area contributed by atoms with Crippen molar-refractivity contribution >= 4 is 22.5 Å². The van der Waals surface area contributed by atoms with Gasteiger partial charge >= 0.3 is 6.18 Å². The van der Waals surface area contributed by atoms with Gasteiger partial charge in [0.1, 0.15) is 5.82 Å². The van der Waals surface area contributed by atoms with Gasteiger partial charge in [-0.2, -0.15) is 13.2 Å². The third kappa shape index (κ3) is 3.99. The smallest absolute Gasteiger partial charge is 0.361 e. The minimum atomic E-state index is -4.59. The third-order valence-electron chi connectivity index (χ3n) is 3.84. The normalized spacial score (nSPS) is 11.7. The summed E-state index contributed by atoms with van der Waals surface area (Å²) >= 11 is 0. The molecule has 7 heteroatoms. The van der Waals surface area contributed by atoms with Crippen LogP contribution in [0.15, 0.2) is 48.7 Å². The largest absolute Gasteiger partial charge is 0.416 e. The second kappa shape index (κ2) is 6.58. The van der Waals surface area contributed by atoms with Crippen molar-refractivity contribution in [2.45, 2.75) is 19.0 Å². The van der Waals surface area contributed by atoms with Crippen molar-refractivity contribution in [1.29, 1.82) is 0 Å². The molecule has 25 heavy (non-hydrogen) atoms. The lowest BCUT2D eigenvalue weighted by Gasteiger charge is -2.09. The van der Waals surface area contributed by atoms with E-state index in [1.807, 2.05) is 12.1 Å². The fourth-order valence-electron chi connectivity index (χ4n) is 2.53. The number of H-pyrrole nitrogens is 1. The first-order valence-electron chi connectivity index (χ1n) is 7.55. The Labute approximate surface area is 140 Å². The predicted molar refractivity (Wildman–Crippen MR) is 86.7 cm³/mol. The molecule has 1 aromatic heterocycles. The van der Waals surface area contributed by atoms with Crippen LogP contribution in [-0.4, -0.2) is 10.9 Å². The molecule has 0 aliphatic heterocycles. The quantitative estimate of drug-likeness (QED) is 0.646. The number of benzene rings is 2. The molecule has 2 aromatic carbocycles. The van der Waals surface area contributed by atoms with E-state index in [2.05, 4.69) is 10.3 Å². The zero-order chi connectivity index (χ0) is 18.0. The minimum Gasteiger partial charge on any atom is -0.361 e. The van der Waals surface area contributed by atoms with Crippen LogP contribution in [0.1, 0.15) is 17.5 Å². The van der Waals surface area contributed by atoms with Gasteiger partial charge in [0.05, 0.1) is 5.56 Å². The van der Waals surface area contributed by atoms with Crippen molar-refractivity contribution in [3.05, 3.63) is 65.6 Å². The summed E-state index contributed by atoms with van der Waals surface area (Å²) < 4.78 is 51.3. The Morgan fingerprint density at radius 1 is 1.08 bits per heavy atom. The van der Waals surface area contributed by atoms with E-state index in [4.69, 9.17) is 0 Å². The highest BCUT2D eigenvalue weighted by Gasteiger charge is 2.31. The summed E-state index contributed by atoms with van der Waals surface area (Å²) in [7, 11) is 0. The highest BCUT2D eigenvalue weighted by molar-refractivity contribution is 5.93. The molecular formula is C18H14F4N2O. The zero-order valence-electron chi connectivity index (χ0n) is 13.0. The lowest BCUT2D eigenvalue weighted by molar-refractivity contribution is -0.137. The van der Waals surface area contributed by atoms with Gasteiger partial charge in [0.2, 0.25) is 5.91 Å². The van der Waals surface area contributed by atoms with Gasteiger partial charge in [-0.15, -0.1) is 0 Å². The summed E-state index contributed by atoms with van der Waals surface area (Å²) in [4.78, 5) is 15.0. The molecule has 1 heterocycles. The number of halogens is 4. The van der Waals surface area contributed by atoms with Gasteiger partial charge in [0.25, 0.3) is 0 Å². The molecule has 0 aliphatic rings. The number of fused-ring (bicyclic) bond motifs is 1. The number of aryl methyl sites for hydroxylation is 1. The van der Waals surface area contributed by atoms with Gasteiger partial charge in [-0.3, -0.25) is 4.79 Å². The Hall–Kier alpha value is -2.83. The van der Waals surface area contributed by atoms with E-state index >= 15 is 0 Å². The van der Waals surface area contributed by atoms with Crippen molar-refractivity contribution in [2.24, 2.45) is 0 Å². The first kappa shape index (κ1) is 17.0. The summed E-state index contributed by atoms with van der Waals surface area (Å²) in [5, 5.41) is 3.63. The number of aromatic amines is 1. The summed E-state index contributed by atoms with van der Waals surface area (Å²) in [6.45, 7) is 0. The lowest BCUT2D eigenvalue weighted by Crippen LogP contribution is -2.13. The fourth-order valence-corrected chi connectivity index (χ4v) is 2.53. The van der Waals surface area contributed by atoms with E-state index in [1.54, 1.807) is 18.3 Å². The van der Waals surface area contributed by atoms with Crippen LogP contribution in [0.3, 0.4) is 0 Å². The van der Waals surface area contributed by atoms with Gasteiger partial charge in [-0.1, -0.05) is 6.07 Å². The lowest BCUT2D eigenvalue weighted by atomic mass is 10.1. The summed E-state index contributed by atoms with van der Waals surface area (Å²) in [5.74, 6) is -1.30. The zero-order valence-corrected chi connectivity index (χ0v) is 13.0. The maximum absolute atomic E-state index is 13.8. The first-order chi connectivity index (χ1) is 11.8. The number of rotatable bonds is 4. The van der Waals surface area contributed by atoms with Crippen LogP contribution in [-0.2, 0) is 17.4 Å². The average molecular weight is 350 g/mol. The molecule has 3 nitrogen and oxygen atoms in total. The highest BCUT2D eigenvalue weighted by Crippen LogP contribution is 2.30. The topological polar surface area (TPSA) is 44.9 Å². The minimum absolute atomic E-state index is 0.0161. The maximum Gasteiger partial charge on any atom is 0.416 e. The van der Waals surface area contributed by atoms with Crippen molar-refractivity contribution in [3.8, 4) is 0 Å². The van der Waals surface area contributed by atoms with Gasteiger partial charge in [-0.05, 0) is 48.4 Å². The Morgan fingerprint density at radius 2 is 1.88 bits per heavy atom. The van der Waals surface area contributed by atoms with Crippen LogP contribution >= 0.6 is 0 Å². The first-order valence-corrected chi connectivity index (χ1v) is 7.55. The van der Waals surface area contributed by atoms with Crippen molar-refractivity contribution < 1.29 is 22.4 Å². The molecule has 0 saturated carbocycles. The predicted octanol–water partition coefficient (Wildman–Crippen LogP) is 4.90. The molecule has 0 unspecified atom stereocenters. The van der Waals surface area contributed by atoms with E-state index in [-0.39, 0.29) is 24.3 Å². The van der Waals surface area contributed by atoms with Crippen molar-refractivity contribution in [1.82, 2.24) is 4.98 Å². The Balaban J connectivity index is 1.62. The Bertz CT molecular complexity index is 915. The second-order valence-electron chi connectivity index (χ2n) is 5.63. The van der Waals surface area contributed by atoms with Crippen LogP contribution < -0.4 is 5.32 Å². The SMILES string of the molecule is O=C(CCc1ccc(C(F)(F)F)cc1F)Nc1ccc2[nH]ccc2c1.